The Morgan fingerprint density at radius 3 is 2.64 bits per heavy atom. The second-order valence-corrected chi connectivity index (χ2v) is 9.27. The average molecular weight is 368 g/mol. The van der Waals surface area contributed by atoms with Gasteiger partial charge in [0.05, 0.1) is 11.4 Å². The molecule has 1 aliphatic carbocycles. The van der Waals surface area contributed by atoms with Crippen LogP contribution in [0.25, 0.3) is 0 Å². The fourth-order valence-corrected chi connectivity index (χ4v) is 4.19. The third-order valence-electron chi connectivity index (χ3n) is 5.13. The fraction of sp³-hybridized carbons (Fsp3) is 0.611. The van der Waals surface area contributed by atoms with Crippen LogP contribution in [0.4, 0.5) is 5.69 Å². The van der Waals surface area contributed by atoms with Gasteiger partial charge in [-0.3, -0.25) is 4.79 Å². The normalized spacial score (nSPS) is 24.3. The third-order valence-corrected chi connectivity index (χ3v) is 6.94. The molecule has 6 nitrogen and oxygen atoms in total. The van der Waals surface area contributed by atoms with Gasteiger partial charge in [0.2, 0.25) is 15.9 Å². The van der Waals surface area contributed by atoms with Crippen LogP contribution >= 0.6 is 0 Å². The molecule has 3 atom stereocenters. The van der Waals surface area contributed by atoms with Crippen molar-refractivity contribution in [2.24, 2.45) is 11.8 Å². The zero-order valence-corrected chi connectivity index (χ0v) is 16.3. The summed E-state index contributed by atoms with van der Waals surface area (Å²) < 4.78 is 25.5. The zero-order chi connectivity index (χ0) is 18.6. The summed E-state index contributed by atoms with van der Waals surface area (Å²) in [6.07, 6.45) is 3.53. The molecular formula is C18H29N3O3S. The van der Waals surface area contributed by atoms with Crippen molar-refractivity contribution in [2.45, 2.75) is 44.0 Å². The molecule has 0 aromatic heterocycles. The molecule has 1 aromatic rings. The first-order chi connectivity index (χ1) is 11.7. The van der Waals surface area contributed by atoms with Crippen molar-refractivity contribution in [3.05, 3.63) is 24.3 Å². The summed E-state index contributed by atoms with van der Waals surface area (Å²) in [5, 5.41) is 6.12. The molecule has 0 bridgehead atoms. The van der Waals surface area contributed by atoms with Crippen molar-refractivity contribution in [1.29, 1.82) is 0 Å². The monoisotopic (exact) mass is 367 g/mol. The minimum atomic E-state index is -3.51. The largest absolute Gasteiger partial charge is 0.325 e. The van der Waals surface area contributed by atoms with Gasteiger partial charge >= 0.3 is 0 Å². The van der Waals surface area contributed by atoms with E-state index in [9.17, 15) is 13.2 Å². The highest BCUT2D eigenvalue weighted by molar-refractivity contribution is 7.89. The van der Waals surface area contributed by atoms with Crippen molar-refractivity contribution in [3.8, 4) is 0 Å². The second-order valence-electron chi connectivity index (χ2n) is 7.12. The number of anilines is 1. The molecule has 1 amide bonds. The lowest BCUT2D eigenvalue weighted by atomic mass is 9.78. The Labute approximate surface area is 151 Å². The second kappa shape index (κ2) is 8.29. The van der Waals surface area contributed by atoms with E-state index in [4.69, 9.17) is 0 Å². The van der Waals surface area contributed by atoms with Gasteiger partial charge in [0.25, 0.3) is 0 Å². The highest BCUT2D eigenvalue weighted by Gasteiger charge is 2.27. The van der Waals surface area contributed by atoms with E-state index in [0.717, 1.165) is 10.7 Å². The molecule has 1 fully saturated rings. The SMILES string of the molecule is C[C@H]1[C@H](C)CCC[C@H]1NCC(=O)Nc1cccc(S(=O)(=O)N(C)C)c1. The maximum Gasteiger partial charge on any atom is 0.242 e. The molecule has 0 heterocycles. The smallest absolute Gasteiger partial charge is 0.242 e. The zero-order valence-electron chi connectivity index (χ0n) is 15.5. The number of nitrogens with zero attached hydrogens (tertiary/aromatic N) is 1. The molecule has 2 rings (SSSR count). The van der Waals surface area contributed by atoms with Crippen LogP contribution in [0.1, 0.15) is 33.1 Å². The molecule has 2 N–H and O–H groups in total. The van der Waals surface area contributed by atoms with E-state index in [0.29, 0.717) is 23.6 Å². The van der Waals surface area contributed by atoms with E-state index < -0.39 is 10.0 Å². The van der Waals surface area contributed by atoms with Crippen molar-refractivity contribution in [1.82, 2.24) is 9.62 Å². The van der Waals surface area contributed by atoms with Gasteiger partial charge in [-0.25, -0.2) is 12.7 Å². The van der Waals surface area contributed by atoms with Crippen LogP contribution in [0.2, 0.25) is 0 Å². The molecule has 0 saturated heterocycles. The van der Waals surface area contributed by atoms with E-state index >= 15 is 0 Å². The van der Waals surface area contributed by atoms with Gasteiger partial charge in [0.1, 0.15) is 0 Å². The Morgan fingerprint density at radius 2 is 1.96 bits per heavy atom. The first-order valence-electron chi connectivity index (χ1n) is 8.77. The highest BCUT2D eigenvalue weighted by atomic mass is 32.2. The average Bonchev–Trinajstić information content (AvgIpc) is 2.56. The quantitative estimate of drug-likeness (QED) is 0.809. The number of nitrogens with one attached hydrogen (secondary N) is 2. The maximum atomic E-state index is 12.2. The van der Waals surface area contributed by atoms with Crippen molar-refractivity contribution < 1.29 is 13.2 Å². The number of amides is 1. The van der Waals surface area contributed by atoms with Crippen LogP contribution in [0.5, 0.6) is 0 Å². The fourth-order valence-electron chi connectivity index (χ4n) is 3.24. The lowest BCUT2D eigenvalue weighted by Gasteiger charge is -2.34. The summed E-state index contributed by atoms with van der Waals surface area (Å²) >= 11 is 0. The number of hydrogen-bond donors (Lipinski definition) is 2. The van der Waals surface area contributed by atoms with Gasteiger partial charge in [-0.2, -0.15) is 0 Å². The number of carbonyl (C=O) groups excluding carboxylic acids is 1. The van der Waals surface area contributed by atoms with Crippen LogP contribution in [0, 0.1) is 11.8 Å². The van der Waals surface area contributed by atoms with Gasteiger partial charge in [-0.15, -0.1) is 0 Å². The summed E-state index contributed by atoms with van der Waals surface area (Å²) in [5.41, 5.74) is 0.486. The van der Waals surface area contributed by atoms with Crippen LogP contribution in [0.15, 0.2) is 29.2 Å². The van der Waals surface area contributed by atoms with Crippen molar-refractivity contribution >= 4 is 21.6 Å². The van der Waals surface area contributed by atoms with Crippen LogP contribution in [0.3, 0.4) is 0 Å². The number of benzene rings is 1. The minimum absolute atomic E-state index is 0.162. The predicted molar refractivity (Wildman–Crippen MR) is 99.9 cm³/mol. The van der Waals surface area contributed by atoms with E-state index in [1.807, 2.05) is 0 Å². The van der Waals surface area contributed by atoms with Gasteiger partial charge in [0.15, 0.2) is 0 Å². The van der Waals surface area contributed by atoms with Crippen LogP contribution in [-0.4, -0.2) is 45.3 Å². The van der Waals surface area contributed by atoms with E-state index in [2.05, 4.69) is 24.5 Å². The van der Waals surface area contributed by atoms with E-state index in [1.54, 1.807) is 12.1 Å². The summed E-state index contributed by atoms with van der Waals surface area (Å²) in [6, 6.07) is 6.68. The maximum absolute atomic E-state index is 12.2. The predicted octanol–water partition coefficient (Wildman–Crippen LogP) is 2.29. The van der Waals surface area contributed by atoms with Crippen LogP contribution < -0.4 is 10.6 Å². The summed E-state index contributed by atoms with van der Waals surface area (Å²) in [6.45, 7) is 4.72. The molecule has 25 heavy (non-hydrogen) atoms. The van der Waals surface area contributed by atoms with Crippen molar-refractivity contribution in [2.75, 3.05) is 26.0 Å². The van der Waals surface area contributed by atoms with Gasteiger partial charge in [0, 0.05) is 25.8 Å². The molecule has 140 valence electrons. The number of carbonyl (C=O) groups is 1. The van der Waals surface area contributed by atoms with E-state index in [-0.39, 0.29) is 17.3 Å². The van der Waals surface area contributed by atoms with E-state index in [1.165, 1.54) is 39.1 Å². The lowest BCUT2D eigenvalue weighted by Crippen LogP contribution is -2.43. The van der Waals surface area contributed by atoms with Gasteiger partial charge in [-0.05, 0) is 36.5 Å². The number of hydrogen-bond acceptors (Lipinski definition) is 4. The van der Waals surface area contributed by atoms with Crippen molar-refractivity contribution in [3.63, 3.8) is 0 Å². The first kappa shape index (κ1) is 19.9. The lowest BCUT2D eigenvalue weighted by molar-refractivity contribution is -0.115. The molecule has 1 saturated carbocycles. The number of sulfonamides is 1. The third kappa shape index (κ3) is 5.03. The summed E-state index contributed by atoms with van der Waals surface area (Å²) in [4.78, 5) is 12.4. The Balaban J connectivity index is 1.95. The standard InChI is InChI=1S/C18H29N3O3S/c1-13-7-5-10-17(14(13)2)19-12-18(22)20-15-8-6-9-16(11-15)25(23,24)21(3)4/h6,8-9,11,13-14,17,19H,5,7,10,12H2,1-4H3,(H,20,22)/t13-,14+,17-/m1/s1. The Hall–Kier alpha value is -1.44. The molecule has 0 unspecified atom stereocenters. The van der Waals surface area contributed by atoms with Crippen LogP contribution in [-0.2, 0) is 14.8 Å². The topological polar surface area (TPSA) is 78.5 Å². The molecule has 1 aromatic carbocycles. The first-order valence-corrected chi connectivity index (χ1v) is 10.2. The molecule has 0 aliphatic heterocycles. The Kier molecular flexibility index (Phi) is 6.59. The number of rotatable bonds is 6. The summed E-state index contributed by atoms with van der Waals surface area (Å²) in [7, 11) is -0.546. The minimum Gasteiger partial charge on any atom is -0.325 e. The molecule has 0 radical (unpaired) electrons. The highest BCUT2D eigenvalue weighted by Crippen LogP contribution is 2.29. The molecule has 0 spiro atoms. The molecular weight excluding hydrogens is 338 g/mol. The molecule has 7 heteroatoms. The molecule has 1 aliphatic rings. The summed E-state index contributed by atoms with van der Waals surface area (Å²) in [5.74, 6) is 1.06. The Morgan fingerprint density at radius 1 is 1.24 bits per heavy atom. The van der Waals surface area contributed by atoms with Gasteiger partial charge < -0.3 is 10.6 Å². The Bertz CT molecular complexity index is 703. The van der Waals surface area contributed by atoms with Gasteiger partial charge in [-0.1, -0.05) is 32.8 Å².